The van der Waals surface area contributed by atoms with Gasteiger partial charge in [-0.1, -0.05) is 24.3 Å². The number of amides is 2. The fraction of sp³-hybridized carbons (Fsp3) is 0.423. The van der Waals surface area contributed by atoms with Gasteiger partial charge < -0.3 is 24.8 Å². The Bertz CT molecular complexity index is 1250. The van der Waals surface area contributed by atoms with Crippen LogP contribution in [0.4, 0.5) is 5.13 Å². The van der Waals surface area contributed by atoms with E-state index in [0.717, 1.165) is 0 Å². The van der Waals surface area contributed by atoms with Crippen LogP contribution in [0.1, 0.15) is 45.2 Å². The third-order valence-electron chi connectivity index (χ3n) is 6.23. The van der Waals surface area contributed by atoms with Crippen LogP contribution < -0.4 is 5.32 Å². The van der Waals surface area contributed by atoms with Crippen molar-refractivity contribution in [1.29, 1.82) is 0 Å². The summed E-state index contributed by atoms with van der Waals surface area (Å²) in [5, 5.41) is 15.1. The molecule has 0 spiro atoms. The quantitative estimate of drug-likeness (QED) is 0.304. The van der Waals surface area contributed by atoms with Crippen molar-refractivity contribution < 1.29 is 33.8 Å². The summed E-state index contributed by atoms with van der Waals surface area (Å²) in [5.41, 5.74) is 1.22. The van der Waals surface area contributed by atoms with E-state index in [1.54, 1.807) is 63.5 Å². The number of ether oxygens (including phenoxy) is 2. The van der Waals surface area contributed by atoms with Gasteiger partial charge in [-0.3, -0.25) is 14.4 Å². The van der Waals surface area contributed by atoms with Gasteiger partial charge in [-0.15, -0.1) is 11.3 Å². The summed E-state index contributed by atoms with van der Waals surface area (Å²) in [4.78, 5) is 55.8. The Balaban J connectivity index is 1.56. The van der Waals surface area contributed by atoms with Crippen molar-refractivity contribution in [3.05, 3.63) is 52.7 Å². The average molecular weight is 528 g/mol. The molecule has 2 N–H and O–H groups in total. The van der Waals surface area contributed by atoms with Crippen LogP contribution in [0.2, 0.25) is 0 Å². The van der Waals surface area contributed by atoms with Gasteiger partial charge in [0, 0.05) is 11.6 Å². The molecular formula is C26H29N3O7S. The highest BCUT2D eigenvalue weighted by Crippen LogP contribution is 2.47. The van der Waals surface area contributed by atoms with E-state index >= 15 is 0 Å². The monoisotopic (exact) mass is 527 g/mol. The van der Waals surface area contributed by atoms with E-state index in [-0.39, 0.29) is 30.0 Å². The van der Waals surface area contributed by atoms with Crippen LogP contribution in [-0.4, -0.2) is 57.7 Å². The van der Waals surface area contributed by atoms with E-state index in [1.807, 2.05) is 0 Å². The molecule has 1 aromatic carbocycles. The van der Waals surface area contributed by atoms with Gasteiger partial charge in [0.05, 0.1) is 29.9 Å². The summed E-state index contributed by atoms with van der Waals surface area (Å²) in [6.45, 7) is 5.99. The first-order valence-corrected chi connectivity index (χ1v) is 12.7. The summed E-state index contributed by atoms with van der Waals surface area (Å²) >= 11 is 1.32. The molecule has 3 heterocycles. The minimum Gasteiger partial charge on any atom is -0.427 e. The van der Waals surface area contributed by atoms with E-state index in [1.165, 1.54) is 16.2 Å². The molecule has 0 bridgehead atoms. The maximum atomic E-state index is 13.1. The maximum Gasteiger partial charge on any atom is 0.358 e. The molecule has 1 saturated heterocycles. The molecule has 1 fully saturated rings. The first-order valence-electron chi connectivity index (χ1n) is 11.8. The van der Waals surface area contributed by atoms with Crippen LogP contribution in [0.5, 0.6) is 0 Å². The molecule has 2 aliphatic rings. The number of benzene rings is 1. The number of thiazole rings is 1. The molecule has 37 heavy (non-hydrogen) atoms. The van der Waals surface area contributed by atoms with Crippen LogP contribution in [-0.2, 0) is 35.1 Å². The first kappa shape index (κ1) is 26.5. The molecule has 3 atom stereocenters. The molecule has 11 heteroatoms. The van der Waals surface area contributed by atoms with Crippen molar-refractivity contribution in [1.82, 2.24) is 9.88 Å². The van der Waals surface area contributed by atoms with Crippen LogP contribution >= 0.6 is 11.3 Å². The van der Waals surface area contributed by atoms with Gasteiger partial charge in [0.1, 0.15) is 5.70 Å². The highest BCUT2D eigenvalue weighted by molar-refractivity contribution is 7.13. The van der Waals surface area contributed by atoms with E-state index in [4.69, 9.17) is 9.47 Å². The standard InChI is InChI=1S/C26H29N3O7S/c1-14(30)20-18-12-17(16-7-5-6-15(10-16)11-19(31)28-25-27-8-9-37-25)21(29(18)22(20)32)23(33)35-13-36-24(34)26(2,3)4/h5-10,14,18,20,30H,11-13H2,1-4H3,(H,27,28,31)/t14-,18-,20-/m1/s1. The highest BCUT2D eigenvalue weighted by atomic mass is 32.1. The Morgan fingerprint density at radius 2 is 2.03 bits per heavy atom. The number of aliphatic hydroxyl groups excluding tert-OH is 1. The maximum absolute atomic E-state index is 13.1. The fourth-order valence-electron chi connectivity index (χ4n) is 4.44. The zero-order valence-electron chi connectivity index (χ0n) is 21.0. The van der Waals surface area contributed by atoms with Crippen molar-refractivity contribution in [2.24, 2.45) is 11.3 Å². The number of aromatic nitrogens is 1. The number of rotatable bonds is 8. The number of nitrogens with zero attached hydrogens (tertiary/aromatic N) is 2. The predicted molar refractivity (Wildman–Crippen MR) is 135 cm³/mol. The summed E-state index contributed by atoms with van der Waals surface area (Å²) in [5.74, 6) is -2.57. The zero-order valence-corrected chi connectivity index (χ0v) is 21.8. The number of esters is 2. The number of aliphatic hydroxyl groups is 1. The lowest BCUT2D eigenvalue weighted by Crippen LogP contribution is -2.61. The molecule has 0 unspecified atom stereocenters. The van der Waals surface area contributed by atoms with Gasteiger partial charge in [-0.05, 0) is 50.8 Å². The Hall–Kier alpha value is -3.57. The number of hydrogen-bond acceptors (Lipinski definition) is 9. The smallest absolute Gasteiger partial charge is 0.358 e. The first-order chi connectivity index (χ1) is 17.5. The number of hydrogen-bond donors (Lipinski definition) is 2. The summed E-state index contributed by atoms with van der Waals surface area (Å²) in [6.07, 6.45) is 1.15. The number of carbonyl (C=O) groups is 4. The Morgan fingerprint density at radius 3 is 2.68 bits per heavy atom. The number of carbonyl (C=O) groups excluding carboxylic acids is 4. The van der Waals surface area contributed by atoms with Crippen molar-refractivity contribution in [3.8, 4) is 0 Å². The lowest BCUT2D eigenvalue weighted by Gasteiger charge is -2.44. The Morgan fingerprint density at radius 1 is 1.27 bits per heavy atom. The lowest BCUT2D eigenvalue weighted by molar-refractivity contribution is -0.175. The van der Waals surface area contributed by atoms with Gasteiger partial charge in [0.25, 0.3) is 0 Å². The van der Waals surface area contributed by atoms with Crippen molar-refractivity contribution in [2.75, 3.05) is 12.1 Å². The third-order valence-corrected chi connectivity index (χ3v) is 6.92. The molecule has 2 aliphatic heterocycles. The largest absolute Gasteiger partial charge is 0.427 e. The Kier molecular flexibility index (Phi) is 7.47. The minimum atomic E-state index is -0.876. The highest BCUT2D eigenvalue weighted by Gasteiger charge is 2.57. The second-order valence-corrected chi connectivity index (χ2v) is 11.0. The summed E-state index contributed by atoms with van der Waals surface area (Å²) in [6, 6.07) is 6.75. The van der Waals surface area contributed by atoms with Crippen LogP contribution in [0, 0.1) is 11.3 Å². The lowest BCUT2D eigenvalue weighted by atomic mass is 9.82. The van der Waals surface area contributed by atoms with E-state index in [9.17, 15) is 24.3 Å². The average Bonchev–Trinajstić information content (AvgIpc) is 3.44. The van der Waals surface area contributed by atoms with Crippen molar-refractivity contribution >= 4 is 45.8 Å². The molecule has 0 aliphatic carbocycles. The zero-order chi connectivity index (χ0) is 26.9. The van der Waals surface area contributed by atoms with Crippen molar-refractivity contribution in [3.63, 3.8) is 0 Å². The molecule has 196 valence electrons. The topological polar surface area (TPSA) is 135 Å². The molecule has 0 saturated carbocycles. The van der Waals surface area contributed by atoms with E-state index in [2.05, 4.69) is 10.3 Å². The second kappa shape index (κ2) is 10.4. The second-order valence-electron chi connectivity index (χ2n) is 10.1. The number of nitrogens with one attached hydrogen (secondary N) is 1. The van der Waals surface area contributed by atoms with E-state index < -0.39 is 36.2 Å². The number of fused-ring (bicyclic) bond motifs is 1. The molecule has 2 aromatic rings. The normalized spacial score (nSPS) is 19.7. The van der Waals surface area contributed by atoms with Gasteiger partial charge >= 0.3 is 11.9 Å². The molecule has 10 nitrogen and oxygen atoms in total. The predicted octanol–water partition coefficient (Wildman–Crippen LogP) is 2.74. The molecule has 0 radical (unpaired) electrons. The molecule has 2 amide bonds. The number of anilines is 1. The van der Waals surface area contributed by atoms with Gasteiger partial charge in [-0.25, -0.2) is 9.78 Å². The van der Waals surface area contributed by atoms with Crippen LogP contribution in [0.15, 0.2) is 41.5 Å². The third kappa shape index (κ3) is 5.57. The van der Waals surface area contributed by atoms with Crippen LogP contribution in [0.25, 0.3) is 5.57 Å². The SMILES string of the molecule is C[C@@H](O)[C@H]1C(=O)N2C(C(=O)OCOC(=O)C(C)(C)C)=C(c3cccc(CC(=O)Nc4nccs4)c3)C[C@H]12. The van der Waals surface area contributed by atoms with E-state index in [0.29, 0.717) is 28.3 Å². The van der Waals surface area contributed by atoms with Crippen molar-refractivity contribution in [2.45, 2.75) is 52.7 Å². The molecular weight excluding hydrogens is 498 g/mol. The Labute approximate surface area is 218 Å². The summed E-state index contributed by atoms with van der Waals surface area (Å²) in [7, 11) is 0. The van der Waals surface area contributed by atoms with Crippen LogP contribution in [0.3, 0.4) is 0 Å². The minimum absolute atomic E-state index is 0.0584. The molecule has 4 rings (SSSR count). The number of β-lactam (4-membered cyclic amide) rings is 1. The van der Waals surface area contributed by atoms with Gasteiger partial charge in [0.15, 0.2) is 5.13 Å². The fourth-order valence-corrected chi connectivity index (χ4v) is 4.99. The van der Waals surface area contributed by atoms with Gasteiger partial charge in [0.2, 0.25) is 18.6 Å². The summed E-state index contributed by atoms with van der Waals surface area (Å²) < 4.78 is 10.3. The molecule has 1 aromatic heterocycles. The van der Waals surface area contributed by atoms with Gasteiger partial charge in [-0.2, -0.15) is 0 Å².